The predicted molar refractivity (Wildman–Crippen MR) is 116 cm³/mol. The van der Waals surface area contributed by atoms with E-state index in [1.165, 1.54) is 11.6 Å². The fraction of sp³-hybridized carbons (Fsp3) is 0.208. The molecule has 4 heteroatoms. The van der Waals surface area contributed by atoms with Crippen molar-refractivity contribution in [2.45, 2.75) is 34.1 Å². The van der Waals surface area contributed by atoms with Gasteiger partial charge in [-0.15, -0.1) is 0 Å². The SMILES string of the molecule is CCC(C)=C(c1ccc(C#N)cc1)N1C=C(C)S/C1=C(/C)c1ccccc1F. The topological polar surface area (TPSA) is 27.0 Å². The lowest BCUT2D eigenvalue weighted by molar-refractivity contribution is 0.622. The van der Waals surface area contributed by atoms with E-state index < -0.39 is 0 Å². The molecule has 0 radical (unpaired) electrons. The Hall–Kier alpha value is -2.77. The molecule has 0 unspecified atom stereocenters. The number of allylic oxidation sites excluding steroid dienone is 3. The number of rotatable bonds is 4. The summed E-state index contributed by atoms with van der Waals surface area (Å²) < 4.78 is 14.4. The molecule has 0 bridgehead atoms. The highest BCUT2D eigenvalue weighted by molar-refractivity contribution is 8.07. The maximum absolute atomic E-state index is 14.4. The van der Waals surface area contributed by atoms with E-state index in [2.05, 4.69) is 37.9 Å². The van der Waals surface area contributed by atoms with Crippen LogP contribution in [0.4, 0.5) is 4.39 Å². The molecule has 142 valence electrons. The number of thioether (sulfide) groups is 1. The second kappa shape index (κ2) is 8.50. The van der Waals surface area contributed by atoms with Crippen molar-refractivity contribution in [3.63, 3.8) is 0 Å². The Labute approximate surface area is 170 Å². The lowest BCUT2D eigenvalue weighted by atomic mass is 10.0. The van der Waals surface area contributed by atoms with Gasteiger partial charge in [0, 0.05) is 16.7 Å². The van der Waals surface area contributed by atoms with Crippen molar-refractivity contribution in [3.05, 3.63) is 92.7 Å². The summed E-state index contributed by atoms with van der Waals surface area (Å²) in [6.07, 6.45) is 3.01. The molecule has 2 aromatic rings. The molecule has 1 heterocycles. The molecule has 1 aliphatic heterocycles. The Kier molecular flexibility index (Phi) is 6.06. The molecular formula is C24H23FN2S. The van der Waals surface area contributed by atoms with Crippen molar-refractivity contribution in [1.82, 2.24) is 4.90 Å². The zero-order valence-corrected chi connectivity index (χ0v) is 17.4. The van der Waals surface area contributed by atoms with Gasteiger partial charge in [-0.05, 0) is 62.1 Å². The van der Waals surface area contributed by atoms with Crippen molar-refractivity contribution >= 4 is 23.0 Å². The molecule has 2 aromatic carbocycles. The summed E-state index contributed by atoms with van der Waals surface area (Å²) in [5.41, 5.74) is 5.52. The van der Waals surface area contributed by atoms with Crippen LogP contribution in [0.25, 0.3) is 11.3 Å². The van der Waals surface area contributed by atoms with Gasteiger partial charge in [0.1, 0.15) is 5.82 Å². The molecule has 0 spiro atoms. The van der Waals surface area contributed by atoms with Gasteiger partial charge in [-0.3, -0.25) is 0 Å². The summed E-state index contributed by atoms with van der Waals surface area (Å²) in [6.45, 7) is 8.29. The highest BCUT2D eigenvalue weighted by Gasteiger charge is 2.26. The van der Waals surface area contributed by atoms with E-state index in [0.29, 0.717) is 11.1 Å². The summed E-state index contributed by atoms with van der Waals surface area (Å²) in [6, 6.07) is 16.7. The van der Waals surface area contributed by atoms with E-state index >= 15 is 0 Å². The minimum atomic E-state index is -0.214. The molecule has 0 aliphatic carbocycles. The second-order valence-corrected chi connectivity index (χ2v) is 8.03. The van der Waals surface area contributed by atoms with Crippen molar-refractivity contribution in [2.24, 2.45) is 0 Å². The molecule has 2 nitrogen and oxygen atoms in total. The number of hydrogen-bond donors (Lipinski definition) is 0. The molecule has 0 amide bonds. The molecule has 0 aromatic heterocycles. The van der Waals surface area contributed by atoms with Crippen LogP contribution < -0.4 is 0 Å². The van der Waals surface area contributed by atoms with Crippen LogP contribution in [0.15, 0.2) is 70.2 Å². The Balaban J connectivity index is 2.16. The Bertz CT molecular complexity index is 1020. The maximum atomic E-state index is 14.4. The van der Waals surface area contributed by atoms with Gasteiger partial charge in [-0.2, -0.15) is 5.26 Å². The van der Waals surface area contributed by atoms with E-state index in [4.69, 9.17) is 5.26 Å². The zero-order chi connectivity index (χ0) is 20.3. The van der Waals surface area contributed by atoms with Crippen LogP contribution in [0.5, 0.6) is 0 Å². The highest BCUT2D eigenvalue weighted by atomic mass is 32.2. The monoisotopic (exact) mass is 390 g/mol. The molecule has 0 N–H and O–H groups in total. The van der Waals surface area contributed by atoms with E-state index in [-0.39, 0.29) is 5.82 Å². The average Bonchev–Trinajstić information content (AvgIpc) is 3.09. The van der Waals surface area contributed by atoms with E-state index in [9.17, 15) is 4.39 Å². The van der Waals surface area contributed by atoms with Gasteiger partial charge in [0.2, 0.25) is 0 Å². The first kappa shape index (κ1) is 20.0. The van der Waals surface area contributed by atoms with E-state index in [1.54, 1.807) is 17.8 Å². The van der Waals surface area contributed by atoms with Gasteiger partial charge in [-0.25, -0.2) is 4.39 Å². The van der Waals surface area contributed by atoms with E-state index in [1.807, 2.05) is 43.3 Å². The molecule has 1 aliphatic rings. The van der Waals surface area contributed by atoms with Crippen molar-refractivity contribution < 1.29 is 4.39 Å². The van der Waals surface area contributed by atoms with Crippen LogP contribution in [0.2, 0.25) is 0 Å². The fourth-order valence-electron chi connectivity index (χ4n) is 3.23. The van der Waals surface area contributed by atoms with Crippen molar-refractivity contribution in [1.29, 1.82) is 5.26 Å². The standard InChI is InChI=1S/C24H23FN2S/c1-5-16(2)23(20-12-10-19(14-26)11-13-20)27-15-17(3)28-24(27)18(4)21-8-6-7-9-22(21)25/h6-13,15H,5H2,1-4H3/b23-16?,24-18-. The molecule has 0 saturated heterocycles. The molecule has 28 heavy (non-hydrogen) atoms. The quantitative estimate of drug-likeness (QED) is 0.555. The highest BCUT2D eigenvalue weighted by Crippen LogP contribution is 2.45. The van der Waals surface area contributed by atoms with Gasteiger partial charge in [0.15, 0.2) is 0 Å². The first-order chi connectivity index (χ1) is 13.5. The molecule has 0 fully saturated rings. The Morgan fingerprint density at radius 2 is 1.79 bits per heavy atom. The number of halogens is 1. The molecule has 0 atom stereocenters. The second-order valence-electron chi connectivity index (χ2n) is 6.79. The first-order valence-corrected chi connectivity index (χ1v) is 10.1. The Morgan fingerprint density at radius 1 is 1.11 bits per heavy atom. The van der Waals surface area contributed by atoms with Gasteiger partial charge < -0.3 is 4.90 Å². The van der Waals surface area contributed by atoms with Gasteiger partial charge >= 0.3 is 0 Å². The average molecular weight is 391 g/mol. The number of hydrogen-bond acceptors (Lipinski definition) is 3. The van der Waals surface area contributed by atoms with Crippen LogP contribution in [-0.4, -0.2) is 4.90 Å². The zero-order valence-electron chi connectivity index (χ0n) is 16.6. The summed E-state index contributed by atoms with van der Waals surface area (Å²) in [4.78, 5) is 3.32. The van der Waals surface area contributed by atoms with Crippen molar-refractivity contribution in [3.8, 4) is 6.07 Å². The van der Waals surface area contributed by atoms with Crippen LogP contribution in [0.3, 0.4) is 0 Å². The number of nitrogens with zero attached hydrogens (tertiary/aromatic N) is 2. The minimum Gasteiger partial charge on any atom is -0.310 e. The molecular weight excluding hydrogens is 367 g/mol. The lowest BCUT2D eigenvalue weighted by Gasteiger charge is -2.26. The molecule has 3 rings (SSSR count). The number of nitriles is 1. The van der Waals surface area contributed by atoms with Gasteiger partial charge in [0.05, 0.1) is 22.4 Å². The van der Waals surface area contributed by atoms with Crippen LogP contribution in [0, 0.1) is 17.1 Å². The third kappa shape index (κ3) is 3.90. The number of benzene rings is 2. The van der Waals surface area contributed by atoms with Gasteiger partial charge in [-0.1, -0.05) is 49.0 Å². The Morgan fingerprint density at radius 3 is 2.39 bits per heavy atom. The summed E-state index contributed by atoms with van der Waals surface area (Å²) in [5, 5.41) is 10.1. The normalized spacial score (nSPS) is 16.4. The lowest BCUT2D eigenvalue weighted by Crippen LogP contribution is -2.14. The third-order valence-corrected chi connectivity index (χ3v) is 5.97. The van der Waals surface area contributed by atoms with Gasteiger partial charge in [0.25, 0.3) is 0 Å². The maximum Gasteiger partial charge on any atom is 0.130 e. The van der Waals surface area contributed by atoms with Crippen LogP contribution >= 0.6 is 11.8 Å². The summed E-state index contributed by atoms with van der Waals surface area (Å²) in [7, 11) is 0. The summed E-state index contributed by atoms with van der Waals surface area (Å²) >= 11 is 1.66. The minimum absolute atomic E-state index is 0.214. The third-order valence-electron chi connectivity index (χ3n) is 4.85. The molecule has 0 saturated carbocycles. The smallest absolute Gasteiger partial charge is 0.130 e. The van der Waals surface area contributed by atoms with Crippen LogP contribution in [-0.2, 0) is 0 Å². The fourth-order valence-corrected chi connectivity index (χ4v) is 4.20. The largest absolute Gasteiger partial charge is 0.310 e. The summed E-state index contributed by atoms with van der Waals surface area (Å²) in [5.74, 6) is -0.214. The van der Waals surface area contributed by atoms with E-state index in [0.717, 1.165) is 33.2 Å². The van der Waals surface area contributed by atoms with Crippen LogP contribution in [0.1, 0.15) is 50.8 Å². The first-order valence-electron chi connectivity index (χ1n) is 9.27. The van der Waals surface area contributed by atoms with Crippen molar-refractivity contribution in [2.75, 3.05) is 0 Å². The predicted octanol–water partition coefficient (Wildman–Crippen LogP) is 7.14.